The molecule has 3 N–H and O–H groups in total. The van der Waals surface area contributed by atoms with E-state index >= 15 is 0 Å². The molecule has 7 rings (SSSR count). The average molecular weight is 485 g/mol. The van der Waals surface area contributed by atoms with Gasteiger partial charge in [-0.25, -0.2) is 0 Å². The van der Waals surface area contributed by atoms with Gasteiger partial charge in [0, 0.05) is 57.9 Å². The van der Waals surface area contributed by atoms with Crippen molar-refractivity contribution in [3.05, 3.63) is 85.9 Å². The van der Waals surface area contributed by atoms with Gasteiger partial charge in [-0.15, -0.1) is 0 Å². The number of H-pyrrole nitrogens is 2. The number of allylic oxidation sites excluding steroid dienone is 1. The molecule has 8 nitrogen and oxygen atoms in total. The van der Waals surface area contributed by atoms with E-state index < -0.39 is 0 Å². The van der Waals surface area contributed by atoms with Crippen molar-refractivity contribution in [2.24, 2.45) is 5.92 Å². The van der Waals surface area contributed by atoms with E-state index in [9.17, 15) is 0 Å². The van der Waals surface area contributed by atoms with E-state index in [0.717, 1.165) is 67.1 Å². The van der Waals surface area contributed by atoms with Crippen molar-refractivity contribution in [1.29, 1.82) is 0 Å². The Morgan fingerprint density at radius 3 is 2.59 bits per heavy atom. The highest BCUT2D eigenvalue weighted by molar-refractivity contribution is 6.00. The minimum Gasteiger partial charge on any atom is -0.358 e. The Kier molecular flexibility index (Phi) is 5.02. The summed E-state index contributed by atoms with van der Waals surface area (Å²) >= 11 is 0. The summed E-state index contributed by atoms with van der Waals surface area (Å²) in [6.07, 6.45) is 14.6. The first-order chi connectivity index (χ1) is 18.2. The lowest BCUT2D eigenvalue weighted by molar-refractivity contribution is 0.371. The number of nitrogens with one attached hydrogen (secondary N) is 3. The fourth-order valence-corrected chi connectivity index (χ4v) is 4.89. The van der Waals surface area contributed by atoms with E-state index in [-0.39, 0.29) is 0 Å². The average Bonchev–Trinajstić information content (AvgIpc) is 3.52. The van der Waals surface area contributed by atoms with Gasteiger partial charge in [0.25, 0.3) is 0 Å². The molecule has 0 atom stereocenters. The zero-order valence-electron chi connectivity index (χ0n) is 20.1. The van der Waals surface area contributed by atoms with Gasteiger partial charge < -0.3 is 10.3 Å². The Hall–Kier alpha value is -4.85. The quantitative estimate of drug-likeness (QED) is 0.254. The predicted octanol–water partition coefficient (Wildman–Crippen LogP) is 6.35. The van der Waals surface area contributed by atoms with Crippen LogP contribution in [0.2, 0.25) is 0 Å². The number of aromatic nitrogens is 7. The van der Waals surface area contributed by atoms with Crippen molar-refractivity contribution in [3.8, 4) is 33.9 Å². The molecule has 37 heavy (non-hydrogen) atoms. The SMILES string of the molecule is C=C(Nc1cncc(-c2cc3c(-c4cc5c(-c6cccnc6)nccc5[nH]4)n[nH]c3cn2)c1)C1CCC1. The molecule has 1 aliphatic rings. The van der Waals surface area contributed by atoms with Gasteiger partial charge in [-0.2, -0.15) is 5.10 Å². The summed E-state index contributed by atoms with van der Waals surface area (Å²) < 4.78 is 0. The molecular weight excluding hydrogens is 460 g/mol. The number of aromatic amines is 2. The Bertz CT molecular complexity index is 1760. The second-order valence-corrected chi connectivity index (χ2v) is 9.47. The van der Waals surface area contributed by atoms with Crippen molar-refractivity contribution in [3.63, 3.8) is 0 Å². The second kappa shape index (κ2) is 8.67. The second-order valence-electron chi connectivity index (χ2n) is 9.47. The molecule has 0 amide bonds. The number of fused-ring (bicyclic) bond motifs is 2. The van der Waals surface area contributed by atoms with Crippen molar-refractivity contribution in [1.82, 2.24) is 35.1 Å². The molecule has 0 saturated heterocycles. The normalized spacial score (nSPS) is 13.6. The van der Waals surface area contributed by atoms with Crippen LogP contribution in [0.1, 0.15) is 19.3 Å². The topological polar surface area (TPSA) is 108 Å². The molecule has 0 aliphatic heterocycles. The van der Waals surface area contributed by atoms with Crippen LogP contribution in [0.5, 0.6) is 0 Å². The zero-order valence-corrected chi connectivity index (χ0v) is 20.1. The third kappa shape index (κ3) is 3.83. The van der Waals surface area contributed by atoms with E-state index in [1.54, 1.807) is 6.20 Å². The third-order valence-electron chi connectivity index (χ3n) is 7.12. The van der Waals surface area contributed by atoms with Crippen LogP contribution < -0.4 is 5.32 Å². The van der Waals surface area contributed by atoms with E-state index in [1.165, 1.54) is 19.3 Å². The molecule has 1 saturated carbocycles. The lowest BCUT2D eigenvalue weighted by Gasteiger charge is -2.28. The van der Waals surface area contributed by atoms with Crippen molar-refractivity contribution < 1.29 is 0 Å². The molecule has 8 heteroatoms. The van der Waals surface area contributed by atoms with Gasteiger partial charge in [-0.3, -0.25) is 25.0 Å². The van der Waals surface area contributed by atoms with Crippen LogP contribution >= 0.6 is 0 Å². The molecule has 6 heterocycles. The molecule has 180 valence electrons. The molecule has 1 fully saturated rings. The van der Waals surface area contributed by atoms with Crippen LogP contribution in [-0.2, 0) is 0 Å². The van der Waals surface area contributed by atoms with Gasteiger partial charge in [0.15, 0.2) is 0 Å². The number of rotatable bonds is 6. The van der Waals surface area contributed by atoms with Crippen LogP contribution in [0.25, 0.3) is 55.7 Å². The smallest absolute Gasteiger partial charge is 0.116 e. The Morgan fingerprint density at radius 1 is 0.865 bits per heavy atom. The van der Waals surface area contributed by atoms with Crippen LogP contribution in [0, 0.1) is 5.92 Å². The van der Waals surface area contributed by atoms with Gasteiger partial charge in [0.2, 0.25) is 0 Å². The van der Waals surface area contributed by atoms with Gasteiger partial charge >= 0.3 is 0 Å². The van der Waals surface area contributed by atoms with Gasteiger partial charge in [-0.05, 0) is 55.2 Å². The lowest BCUT2D eigenvalue weighted by Crippen LogP contribution is -2.18. The van der Waals surface area contributed by atoms with Gasteiger partial charge in [0.05, 0.1) is 40.7 Å². The lowest BCUT2D eigenvalue weighted by atomic mass is 9.83. The molecule has 6 aromatic heterocycles. The maximum atomic E-state index is 4.67. The zero-order chi connectivity index (χ0) is 24.8. The molecular formula is C29H24N8. The van der Waals surface area contributed by atoms with Gasteiger partial charge in [0.1, 0.15) is 5.69 Å². The van der Waals surface area contributed by atoms with Crippen LogP contribution in [-0.4, -0.2) is 35.1 Å². The van der Waals surface area contributed by atoms with Crippen LogP contribution in [0.15, 0.2) is 85.9 Å². The third-order valence-corrected chi connectivity index (χ3v) is 7.12. The van der Waals surface area contributed by atoms with Crippen molar-refractivity contribution in [2.75, 3.05) is 5.32 Å². The van der Waals surface area contributed by atoms with Crippen LogP contribution in [0.4, 0.5) is 5.69 Å². The number of hydrogen-bond acceptors (Lipinski definition) is 6. The molecule has 0 bridgehead atoms. The largest absolute Gasteiger partial charge is 0.358 e. The first kappa shape index (κ1) is 21.4. The maximum Gasteiger partial charge on any atom is 0.116 e. The molecule has 6 aromatic rings. The summed E-state index contributed by atoms with van der Waals surface area (Å²) in [5.74, 6) is 0.553. The standard InChI is InChI=1S/C29H24N8/c1-17(18-4-2-5-18)34-21-10-20(14-31-15-21)25-11-23-27(16-33-25)36-37-29(23)26-12-22-24(35-26)7-9-32-28(22)19-6-3-8-30-13-19/h3,6-16,18,34-35H,1-2,4-5H2,(H,36,37). The monoisotopic (exact) mass is 484 g/mol. The number of anilines is 1. The van der Waals surface area contributed by atoms with Crippen LogP contribution in [0.3, 0.4) is 0 Å². The number of hydrogen-bond donors (Lipinski definition) is 3. The van der Waals surface area contributed by atoms with Gasteiger partial charge in [-0.1, -0.05) is 13.0 Å². The van der Waals surface area contributed by atoms with E-state index in [1.807, 2.05) is 49.2 Å². The Balaban J connectivity index is 1.26. The first-order valence-corrected chi connectivity index (χ1v) is 12.4. The van der Waals surface area contributed by atoms with Crippen molar-refractivity contribution in [2.45, 2.75) is 19.3 Å². The fourth-order valence-electron chi connectivity index (χ4n) is 4.89. The summed E-state index contributed by atoms with van der Waals surface area (Å²) in [6, 6.07) is 12.1. The van der Waals surface area contributed by atoms with E-state index in [4.69, 9.17) is 0 Å². The highest BCUT2D eigenvalue weighted by Gasteiger charge is 2.21. The minimum absolute atomic E-state index is 0.553. The molecule has 0 unspecified atom stereocenters. The van der Waals surface area contributed by atoms with Crippen molar-refractivity contribution >= 4 is 27.5 Å². The molecule has 0 aromatic carbocycles. The predicted molar refractivity (Wildman–Crippen MR) is 146 cm³/mol. The Labute approximate surface area is 212 Å². The summed E-state index contributed by atoms with van der Waals surface area (Å²) in [6.45, 7) is 4.22. The summed E-state index contributed by atoms with van der Waals surface area (Å²) in [7, 11) is 0. The fraction of sp³-hybridized carbons (Fsp3) is 0.138. The number of pyridine rings is 4. The summed E-state index contributed by atoms with van der Waals surface area (Å²) in [5, 5.41) is 13.2. The molecule has 1 aliphatic carbocycles. The summed E-state index contributed by atoms with van der Waals surface area (Å²) in [4.78, 5) is 21.5. The minimum atomic E-state index is 0.553. The first-order valence-electron chi connectivity index (χ1n) is 12.4. The molecule has 0 spiro atoms. The number of nitrogens with zero attached hydrogens (tertiary/aromatic N) is 5. The molecule has 0 radical (unpaired) electrons. The highest BCUT2D eigenvalue weighted by Crippen LogP contribution is 2.35. The highest BCUT2D eigenvalue weighted by atomic mass is 15.1. The van der Waals surface area contributed by atoms with E-state index in [2.05, 4.69) is 65.2 Å². The summed E-state index contributed by atoms with van der Waals surface area (Å²) in [5.41, 5.74) is 9.18. The maximum absolute atomic E-state index is 4.67. The van der Waals surface area contributed by atoms with E-state index in [0.29, 0.717) is 5.92 Å². The Morgan fingerprint density at radius 2 is 1.76 bits per heavy atom.